The SMILES string of the molecule is COc1c(C)c(C)cc2cc(-c3cc(-c4ccccc4)cc(-c4ccccc4)c3)[n+](C)c(C)c12. The van der Waals surface area contributed by atoms with E-state index in [0.717, 1.165) is 5.75 Å². The lowest BCUT2D eigenvalue weighted by molar-refractivity contribution is -0.665. The second-order valence-electron chi connectivity index (χ2n) is 9.02. The van der Waals surface area contributed by atoms with Crippen LogP contribution in [-0.4, -0.2) is 7.11 Å². The van der Waals surface area contributed by atoms with Crippen molar-refractivity contribution in [1.29, 1.82) is 0 Å². The van der Waals surface area contributed by atoms with Gasteiger partial charge in [0.05, 0.1) is 12.5 Å². The zero-order valence-corrected chi connectivity index (χ0v) is 20.5. The maximum absolute atomic E-state index is 5.86. The van der Waals surface area contributed by atoms with Crippen LogP contribution in [0.1, 0.15) is 16.8 Å². The molecule has 0 saturated carbocycles. The minimum absolute atomic E-state index is 0.970. The molecule has 168 valence electrons. The molecular formula is C32H30NO+. The molecule has 0 atom stereocenters. The van der Waals surface area contributed by atoms with Crippen molar-refractivity contribution in [2.24, 2.45) is 7.05 Å². The summed E-state index contributed by atoms with van der Waals surface area (Å²) in [5.74, 6) is 0.970. The monoisotopic (exact) mass is 444 g/mol. The Bertz CT molecular complexity index is 1440. The summed E-state index contributed by atoms with van der Waals surface area (Å²) in [5.41, 5.74) is 10.9. The second-order valence-corrected chi connectivity index (χ2v) is 9.02. The van der Waals surface area contributed by atoms with E-state index in [4.69, 9.17) is 4.74 Å². The molecule has 0 bridgehead atoms. The first-order chi connectivity index (χ1) is 16.5. The van der Waals surface area contributed by atoms with Crippen molar-refractivity contribution in [3.8, 4) is 39.3 Å². The van der Waals surface area contributed by atoms with Crippen molar-refractivity contribution in [2.75, 3.05) is 7.11 Å². The first-order valence-electron chi connectivity index (χ1n) is 11.7. The number of fused-ring (bicyclic) bond motifs is 1. The van der Waals surface area contributed by atoms with Crippen LogP contribution in [0.15, 0.2) is 91.0 Å². The normalized spacial score (nSPS) is 11.1. The van der Waals surface area contributed by atoms with Crippen LogP contribution in [0.4, 0.5) is 0 Å². The number of rotatable bonds is 4. The van der Waals surface area contributed by atoms with Gasteiger partial charge in [-0.1, -0.05) is 66.7 Å². The number of aryl methyl sites for hydroxylation is 2. The lowest BCUT2D eigenvalue weighted by Gasteiger charge is -2.15. The molecule has 0 unspecified atom stereocenters. The summed E-state index contributed by atoms with van der Waals surface area (Å²) in [7, 11) is 3.92. The predicted octanol–water partition coefficient (Wildman–Crippen LogP) is 7.60. The highest BCUT2D eigenvalue weighted by molar-refractivity contribution is 5.94. The van der Waals surface area contributed by atoms with Gasteiger partial charge in [0, 0.05) is 18.6 Å². The highest BCUT2D eigenvalue weighted by atomic mass is 16.5. The van der Waals surface area contributed by atoms with Gasteiger partial charge in [-0.3, -0.25) is 0 Å². The van der Waals surface area contributed by atoms with Crippen molar-refractivity contribution in [1.82, 2.24) is 0 Å². The zero-order chi connectivity index (χ0) is 23.8. The van der Waals surface area contributed by atoms with Gasteiger partial charge in [0.2, 0.25) is 5.69 Å². The number of methoxy groups -OCH3 is 1. The van der Waals surface area contributed by atoms with Gasteiger partial charge in [0.15, 0.2) is 5.69 Å². The van der Waals surface area contributed by atoms with Crippen LogP contribution in [0, 0.1) is 20.8 Å². The molecule has 0 spiro atoms. The standard InChI is InChI=1S/C32H30NO/c1-21-16-29-20-30(33(4)23(3)31(29)32(34-5)22(21)2)28-18-26(24-12-8-6-9-13-24)17-27(19-28)25-14-10-7-11-15-25/h6-20H,1-5H3/q+1. The fraction of sp³-hybridized carbons (Fsp3) is 0.156. The average molecular weight is 445 g/mol. The summed E-state index contributed by atoms with van der Waals surface area (Å²) in [6.45, 7) is 6.47. The van der Waals surface area contributed by atoms with Crippen molar-refractivity contribution in [3.63, 3.8) is 0 Å². The van der Waals surface area contributed by atoms with E-state index in [2.05, 4.69) is 123 Å². The van der Waals surface area contributed by atoms with E-state index < -0.39 is 0 Å². The zero-order valence-electron chi connectivity index (χ0n) is 20.5. The molecule has 0 aliphatic heterocycles. The van der Waals surface area contributed by atoms with Crippen LogP contribution in [0.3, 0.4) is 0 Å². The maximum Gasteiger partial charge on any atom is 0.213 e. The van der Waals surface area contributed by atoms with Gasteiger partial charge in [-0.05, 0) is 70.8 Å². The quantitative estimate of drug-likeness (QED) is 0.260. The average Bonchev–Trinajstić information content (AvgIpc) is 2.88. The molecule has 0 amide bonds. The van der Waals surface area contributed by atoms with E-state index in [-0.39, 0.29) is 0 Å². The predicted molar refractivity (Wildman–Crippen MR) is 142 cm³/mol. The molecule has 0 saturated heterocycles. The molecule has 0 N–H and O–H groups in total. The molecule has 0 aliphatic carbocycles. The number of benzene rings is 4. The van der Waals surface area contributed by atoms with E-state index >= 15 is 0 Å². The number of aromatic nitrogens is 1. The Morgan fingerprint density at radius 3 is 1.68 bits per heavy atom. The smallest absolute Gasteiger partial charge is 0.213 e. The van der Waals surface area contributed by atoms with E-state index in [0.29, 0.717) is 0 Å². The van der Waals surface area contributed by atoms with Crippen LogP contribution >= 0.6 is 0 Å². The van der Waals surface area contributed by atoms with Gasteiger partial charge in [-0.15, -0.1) is 0 Å². The van der Waals surface area contributed by atoms with E-state index in [9.17, 15) is 0 Å². The summed E-state index contributed by atoms with van der Waals surface area (Å²) in [4.78, 5) is 0. The first kappa shape index (κ1) is 21.9. The summed E-state index contributed by atoms with van der Waals surface area (Å²) in [6, 6.07) is 32.7. The van der Waals surface area contributed by atoms with Crippen LogP contribution in [-0.2, 0) is 7.05 Å². The van der Waals surface area contributed by atoms with Crippen molar-refractivity contribution >= 4 is 10.8 Å². The third-order valence-electron chi connectivity index (χ3n) is 6.99. The fourth-order valence-corrected chi connectivity index (χ4v) is 4.89. The Morgan fingerprint density at radius 2 is 1.15 bits per heavy atom. The van der Waals surface area contributed by atoms with Gasteiger partial charge in [-0.25, -0.2) is 0 Å². The number of ether oxygens (including phenoxy) is 1. The Morgan fingerprint density at radius 1 is 0.618 bits per heavy atom. The number of hydrogen-bond donors (Lipinski definition) is 0. The van der Waals surface area contributed by atoms with E-state index in [1.54, 1.807) is 7.11 Å². The molecule has 1 aromatic heterocycles. The fourth-order valence-electron chi connectivity index (χ4n) is 4.89. The topological polar surface area (TPSA) is 13.1 Å². The molecular weight excluding hydrogens is 414 g/mol. The number of hydrogen-bond acceptors (Lipinski definition) is 1. The third kappa shape index (κ3) is 3.76. The Kier molecular flexibility index (Phi) is 5.67. The largest absolute Gasteiger partial charge is 0.496 e. The van der Waals surface area contributed by atoms with Crippen molar-refractivity contribution in [3.05, 3.63) is 108 Å². The van der Waals surface area contributed by atoms with E-state index in [1.165, 1.54) is 61.1 Å². The molecule has 1 heterocycles. The van der Waals surface area contributed by atoms with Gasteiger partial charge in [-0.2, -0.15) is 4.57 Å². The van der Waals surface area contributed by atoms with Crippen molar-refractivity contribution < 1.29 is 9.30 Å². The van der Waals surface area contributed by atoms with Gasteiger partial charge in [0.1, 0.15) is 12.8 Å². The lowest BCUT2D eigenvalue weighted by atomic mass is 9.93. The third-order valence-corrected chi connectivity index (χ3v) is 6.99. The molecule has 4 aromatic carbocycles. The molecule has 2 heteroatoms. The number of nitrogens with zero attached hydrogens (tertiary/aromatic N) is 1. The molecule has 5 rings (SSSR count). The van der Waals surface area contributed by atoms with Crippen LogP contribution < -0.4 is 9.30 Å². The maximum atomic E-state index is 5.86. The minimum Gasteiger partial charge on any atom is -0.496 e. The highest BCUT2D eigenvalue weighted by Crippen LogP contribution is 2.37. The summed E-state index contributed by atoms with van der Waals surface area (Å²) in [6.07, 6.45) is 0. The molecule has 0 radical (unpaired) electrons. The molecule has 2 nitrogen and oxygen atoms in total. The summed E-state index contributed by atoms with van der Waals surface area (Å²) < 4.78 is 8.15. The lowest BCUT2D eigenvalue weighted by Crippen LogP contribution is -2.35. The summed E-state index contributed by atoms with van der Waals surface area (Å²) in [5, 5.41) is 2.39. The van der Waals surface area contributed by atoms with Crippen LogP contribution in [0.2, 0.25) is 0 Å². The summed E-state index contributed by atoms with van der Waals surface area (Å²) >= 11 is 0. The van der Waals surface area contributed by atoms with Crippen LogP contribution in [0.5, 0.6) is 5.75 Å². The highest BCUT2D eigenvalue weighted by Gasteiger charge is 2.22. The number of pyridine rings is 1. The molecule has 34 heavy (non-hydrogen) atoms. The second kappa shape index (κ2) is 8.79. The van der Waals surface area contributed by atoms with Gasteiger partial charge in [0.25, 0.3) is 0 Å². The Hall–Kier alpha value is -3.91. The first-order valence-corrected chi connectivity index (χ1v) is 11.7. The Balaban J connectivity index is 1.80. The molecule has 0 aliphatic rings. The molecule has 5 aromatic rings. The van der Waals surface area contributed by atoms with Crippen molar-refractivity contribution in [2.45, 2.75) is 20.8 Å². The van der Waals surface area contributed by atoms with Gasteiger partial charge >= 0.3 is 0 Å². The van der Waals surface area contributed by atoms with Crippen LogP contribution in [0.25, 0.3) is 44.3 Å². The van der Waals surface area contributed by atoms with Gasteiger partial charge < -0.3 is 4.74 Å². The van der Waals surface area contributed by atoms with E-state index in [1.807, 2.05) is 0 Å². The Labute approximate surface area is 202 Å². The minimum atomic E-state index is 0.970. The molecule has 0 fully saturated rings.